The first-order valence-corrected chi connectivity index (χ1v) is 5.66. The molecule has 0 amide bonds. The summed E-state index contributed by atoms with van der Waals surface area (Å²) in [4.78, 5) is 2.11. The third kappa shape index (κ3) is 3.31. The molecule has 6 heteroatoms. The van der Waals surface area contributed by atoms with Crippen molar-refractivity contribution in [3.8, 4) is 0 Å². The summed E-state index contributed by atoms with van der Waals surface area (Å²) < 4.78 is 23.2. The summed E-state index contributed by atoms with van der Waals surface area (Å²) in [5, 5.41) is 4.76. The predicted octanol–water partition coefficient (Wildman–Crippen LogP) is 0.350. The van der Waals surface area contributed by atoms with Crippen molar-refractivity contribution in [1.29, 1.82) is 0 Å². The first-order valence-electron chi connectivity index (χ1n) is 3.30. The Kier molecular flexibility index (Phi) is 2.84. The zero-order valence-corrected chi connectivity index (χ0v) is 8.21. The van der Waals surface area contributed by atoms with Crippen LogP contribution in [0.5, 0.6) is 0 Å². The number of thiophene rings is 1. The number of aryl methyl sites for hydroxylation is 1. The van der Waals surface area contributed by atoms with Gasteiger partial charge in [-0.05, 0) is 19.1 Å². The van der Waals surface area contributed by atoms with Gasteiger partial charge in [0, 0.05) is 16.3 Å². The number of nitrogens with two attached hydrogens (primary N) is 1. The van der Waals surface area contributed by atoms with E-state index in [9.17, 15) is 8.42 Å². The van der Waals surface area contributed by atoms with Gasteiger partial charge in [0.1, 0.15) is 0 Å². The molecule has 0 saturated heterocycles. The highest BCUT2D eigenvalue weighted by Crippen LogP contribution is 2.14. The molecule has 0 spiro atoms. The molecule has 1 aromatic heterocycles. The van der Waals surface area contributed by atoms with E-state index in [2.05, 4.69) is 4.72 Å². The van der Waals surface area contributed by atoms with Crippen molar-refractivity contribution < 1.29 is 8.42 Å². The van der Waals surface area contributed by atoms with Gasteiger partial charge in [0.05, 0.1) is 0 Å². The smallest absolute Gasteiger partial charge is 0.216 e. The van der Waals surface area contributed by atoms with E-state index in [0.29, 0.717) is 0 Å². The minimum atomic E-state index is -3.56. The molecule has 0 bridgehead atoms. The molecule has 4 nitrogen and oxygen atoms in total. The molecule has 0 aromatic carbocycles. The lowest BCUT2D eigenvalue weighted by Gasteiger charge is -1.97. The van der Waals surface area contributed by atoms with Crippen LogP contribution in [-0.4, -0.2) is 8.42 Å². The van der Waals surface area contributed by atoms with Gasteiger partial charge in [0.15, 0.2) is 0 Å². The summed E-state index contributed by atoms with van der Waals surface area (Å²) in [6, 6.07) is 3.81. The number of hydrogen-bond donors (Lipinski definition) is 2. The molecule has 0 atom stereocenters. The largest absolute Gasteiger partial charge is 0.274 e. The van der Waals surface area contributed by atoms with E-state index in [1.807, 2.05) is 19.1 Å². The van der Waals surface area contributed by atoms with Crippen LogP contribution in [-0.2, 0) is 16.8 Å². The highest BCUT2D eigenvalue weighted by atomic mass is 32.2. The van der Waals surface area contributed by atoms with Gasteiger partial charge in [-0.1, -0.05) is 0 Å². The summed E-state index contributed by atoms with van der Waals surface area (Å²) in [5.74, 6) is 0. The van der Waals surface area contributed by atoms with E-state index in [4.69, 9.17) is 5.14 Å². The molecule has 0 unspecified atom stereocenters. The molecule has 1 aromatic rings. The van der Waals surface area contributed by atoms with Crippen LogP contribution in [0.3, 0.4) is 0 Å². The second kappa shape index (κ2) is 3.53. The van der Waals surface area contributed by atoms with Crippen LogP contribution in [0.1, 0.15) is 9.75 Å². The number of hydrogen-bond acceptors (Lipinski definition) is 3. The van der Waals surface area contributed by atoms with E-state index in [0.717, 1.165) is 9.75 Å². The Labute approximate surface area is 75.6 Å². The maximum atomic E-state index is 10.5. The monoisotopic (exact) mass is 206 g/mol. The highest BCUT2D eigenvalue weighted by molar-refractivity contribution is 7.87. The quantitative estimate of drug-likeness (QED) is 0.749. The van der Waals surface area contributed by atoms with Crippen LogP contribution in [0.2, 0.25) is 0 Å². The lowest BCUT2D eigenvalue weighted by Crippen LogP contribution is -2.29. The topological polar surface area (TPSA) is 72.2 Å². The maximum Gasteiger partial charge on any atom is 0.274 e. The molecule has 68 valence electrons. The Morgan fingerprint density at radius 1 is 1.58 bits per heavy atom. The van der Waals surface area contributed by atoms with Gasteiger partial charge in [0.2, 0.25) is 0 Å². The molecule has 3 N–H and O–H groups in total. The molecule has 12 heavy (non-hydrogen) atoms. The first kappa shape index (κ1) is 9.66. The summed E-state index contributed by atoms with van der Waals surface area (Å²) in [5.41, 5.74) is 0. The Bertz CT molecular complexity index is 355. The van der Waals surface area contributed by atoms with E-state index in [-0.39, 0.29) is 6.54 Å². The summed E-state index contributed by atoms with van der Waals surface area (Å²) in [7, 11) is -3.56. The summed E-state index contributed by atoms with van der Waals surface area (Å²) in [6.45, 7) is 2.24. The van der Waals surface area contributed by atoms with Crippen molar-refractivity contribution in [2.75, 3.05) is 0 Å². The van der Waals surface area contributed by atoms with Crippen LogP contribution in [0.4, 0.5) is 0 Å². The summed E-state index contributed by atoms with van der Waals surface area (Å²) in [6.07, 6.45) is 0. The number of nitrogens with one attached hydrogen (secondary N) is 1. The molecule has 0 radical (unpaired) electrons. The second-order valence-electron chi connectivity index (χ2n) is 2.38. The van der Waals surface area contributed by atoms with Gasteiger partial charge < -0.3 is 0 Å². The Balaban J connectivity index is 2.55. The lowest BCUT2D eigenvalue weighted by atomic mass is 10.4. The van der Waals surface area contributed by atoms with E-state index in [1.165, 1.54) is 0 Å². The fourth-order valence-electron chi connectivity index (χ4n) is 0.752. The van der Waals surface area contributed by atoms with Crippen LogP contribution in [0.15, 0.2) is 12.1 Å². The van der Waals surface area contributed by atoms with Gasteiger partial charge in [-0.2, -0.15) is 13.1 Å². The van der Waals surface area contributed by atoms with E-state index in [1.54, 1.807) is 11.3 Å². The fourth-order valence-corrected chi connectivity index (χ4v) is 2.03. The predicted molar refractivity (Wildman–Crippen MR) is 49.0 cm³/mol. The minimum Gasteiger partial charge on any atom is -0.216 e. The third-order valence-corrected chi connectivity index (χ3v) is 2.79. The van der Waals surface area contributed by atoms with Crippen LogP contribution >= 0.6 is 11.3 Å². The zero-order chi connectivity index (χ0) is 9.19. The average molecular weight is 206 g/mol. The van der Waals surface area contributed by atoms with Gasteiger partial charge in [-0.25, -0.2) is 5.14 Å². The van der Waals surface area contributed by atoms with Crippen molar-refractivity contribution in [1.82, 2.24) is 4.72 Å². The van der Waals surface area contributed by atoms with Crippen molar-refractivity contribution in [2.24, 2.45) is 5.14 Å². The van der Waals surface area contributed by atoms with E-state index >= 15 is 0 Å². The SMILES string of the molecule is Cc1ccc(CNS(N)(=O)=O)s1. The van der Waals surface area contributed by atoms with Crippen molar-refractivity contribution in [3.63, 3.8) is 0 Å². The molecular weight excluding hydrogens is 196 g/mol. The van der Waals surface area contributed by atoms with Crippen molar-refractivity contribution in [2.45, 2.75) is 13.5 Å². The molecule has 0 aliphatic carbocycles. The number of rotatable bonds is 3. The molecule has 0 fully saturated rings. The molecular formula is C6H10N2O2S2. The first-order chi connectivity index (χ1) is 5.47. The van der Waals surface area contributed by atoms with Gasteiger partial charge >= 0.3 is 0 Å². The zero-order valence-electron chi connectivity index (χ0n) is 6.57. The van der Waals surface area contributed by atoms with Crippen molar-refractivity contribution in [3.05, 3.63) is 21.9 Å². The van der Waals surface area contributed by atoms with Gasteiger partial charge in [-0.3, -0.25) is 0 Å². The highest BCUT2D eigenvalue weighted by Gasteiger charge is 2.02. The second-order valence-corrected chi connectivity index (χ2v) is 5.13. The van der Waals surface area contributed by atoms with Crippen LogP contribution < -0.4 is 9.86 Å². The van der Waals surface area contributed by atoms with Crippen LogP contribution in [0, 0.1) is 6.92 Å². The third-order valence-electron chi connectivity index (χ3n) is 1.24. The standard InChI is InChI=1S/C6H10N2O2S2/c1-5-2-3-6(11-5)4-8-12(7,9)10/h2-3,8H,4H2,1H3,(H2,7,9,10). The molecule has 1 heterocycles. The Hall–Kier alpha value is -0.430. The Morgan fingerprint density at radius 3 is 2.67 bits per heavy atom. The Morgan fingerprint density at radius 2 is 2.25 bits per heavy atom. The van der Waals surface area contributed by atoms with Gasteiger partial charge in [0.25, 0.3) is 10.2 Å². The normalized spacial score (nSPS) is 11.8. The molecule has 1 rings (SSSR count). The molecule has 0 aliphatic heterocycles. The van der Waals surface area contributed by atoms with Gasteiger partial charge in [-0.15, -0.1) is 11.3 Å². The average Bonchev–Trinajstić information content (AvgIpc) is 2.30. The fraction of sp³-hybridized carbons (Fsp3) is 0.333. The maximum absolute atomic E-state index is 10.5. The minimum absolute atomic E-state index is 0.275. The summed E-state index contributed by atoms with van der Waals surface area (Å²) >= 11 is 1.55. The van der Waals surface area contributed by atoms with Crippen LogP contribution in [0.25, 0.3) is 0 Å². The molecule has 0 aliphatic rings. The lowest BCUT2D eigenvalue weighted by molar-refractivity contribution is 0.583. The molecule has 0 saturated carbocycles. The van der Waals surface area contributed by atoms with E-state index < -0.39 is 10.2 Å². The van der Waals surface area contributed by atoms with Crippen molar-refractivity contribution >= 4 is 21.5 Å².